The van der Waals surface area contributed by atoms with Crippen molar-refractivity contribution in [2.24, 2.45) is 0 Å². The Labute approximate surface area is 105 Å². The lowest BCUT2D eigenvalue weighted by Crippen LogP contribution is -2.50. The van der Waals surface area contributed by atoms with Gasteiger partial charge in [-0.25, -0.2) is 0 Å². The molecule has 2 fully saturated rings. The molecule has 2 aliphatic rings. The topological polar surface area (TPSA) is 41.5 Å². The lowest BCUT2D eigenvalue weighted by atomic mass is 9.84. The molecule has 0 aromatic heterocycles. The molecule has 3 nitrogen and oxygen atoms in total. The van der Waals surface area contributed by atoms with Crippen molar-refractivity contribution in [3.05, 3.63) is 0 Å². The molecule has 17 heavy (non-hydrogen) atoms. The molecular formula is C14H27NO2. The molecule has 1 saturated carbocycles. The SMILES string of the molecule is CC1(C)CC(NCC2(O)CCCCC2)CCO1. The molecule has 1 saturated heterocycles. The first-order valence-electron chi connectivity index (χ1n) is 7.09. The van der Waals surface area contributed by atoms with Crippen molar-refractivity contribution in [2.45, 2.75) is 76.0 Å². The second kappa shape index (κ2) is 5.25. The van der Waals surface area contributed by atoms with Crippen LogP contribution in [0.4, 0.5) is 0 Å². The Kier molecular flexibility index (Phi) is 4.11. The number of hydrogen-bond acceptors (Lipinski definition) is 3. The van der Waals surface area contributed by atoms with Crippen LogP contribution in [0, 0.1) is 0 Å². The van der Waals surface area contributed by atoms with Crippen molar-refractivity contribution in [3.8, 4) is 0 Å². The van der Waals surface area contributed by atoms with Crippen LogP contribution in [0.15, 0.2) is 0 Å². The molecule has 0 bridgehead atoms. The largest absolute Gasteiger partial charge is 0.389 e. The summed E-state index contributed by atoms with van der Waals surface area (Å²) < 4.78 is 5.71. The Balaban J connectivity index is 1.77. The van der Waals surface area contributed by atoms with Crippen LogP contribution >= 0.6 is 0 Å². The molecule has 1 atom stereocenters. The summed E-state index contributed by atoms with van der Waals surface area (Å²) in [6.45, 7) is 5.89. The summed E-state index contributed by atoms with van der Waals surface area (Å²) in [5.41, 5.74) is -0.453. The maximum atomic E-state index is 10.4. The fourth-order valence-corrected chi connectivity index (χ4v) is 3.13. The Morgan fingerprint density at radius 3 is 2.59 bits per heavy atom. The second-order valence-corrected chi connectivity index (χ2v) is 6.46. The predicted octanol–water partition coefficient (Wildman–Crippen LogP) is 2.23. The van der Waals surface area contributed by atoms with E-state index in [1.54, 1.807) is 0 Å². The first kappa shape index (κ1) is 13.3. The number of ether oxygens (including phenoxy) is 1. The molecule has 1 aliphatic carbocycles. The van der Waals surface area contributed by atoms with E-state index in [0.29, 0.717) is 6.04 Å². The van der Waals surface area contributed by atoms with Gasteiger partial charge < -0.3 is 15.2 Å². The number of aliphatic hydroxyl groups is 1. The first-order chi connectivity index (χ1) is 7.99. The fourth-order valence-electron chi connectivity index (χ4n) is 3.13. The maximum Gasteiger partial charge on any atom is 0.0771 e. The van der Waals surface area contributed by atoms with E-state index < -0.39 is 5.60 Å². The van der Waals surface area contributed by atoms with Crippen molar-refractivity contribution < 1.29 is 9.84 Å². The van der Waals surface area contributed by atoms with Crippen LogP contribution in [0.1, 0.15) is 58.8 Å². The van der Waals surface area contributed by atoms with Crippen LogP contribution in [-0.2, 0) is 4.74 Å². The van der Waals surface area contributed by atoms with Crippen LogP contribution in [0.3, 0.4) is 0 Å². The van der Waals surface area contributed by atoms with E-state index in [-0.39, 0.29) is 5.60 Å². The number of nitrogens with one attached hydrogen (secondary N) is 1. The minimum Gasteiger partial charge on any atom is -0.389 e. The molecule has 1 aliphatic heterocycles. The summed E-state index contributed by atoms with van der Waals surface area (Å²) >= 11 is 0. The van der Waals surface area contributed by atoms with Gasteiger partial charge >= 0.3 is 0 Å². The molecule has 100 valence electrons. The third-order valence-electron chi connectivity index (χ3n) is 4.20. The molecule has 0 radical (unpaired) electrons. The Bertz CT molecular complexity index is 247. The van der Waals surface area contributed by atoms with Gasteiger partial charge in [-0.15, -0.1) is 0 Å². The third-order valence-corrected chi connectivity index (χ3v) is 4.20. The van der Waals surface area contributed by atoms with Gasteiger partial charge in [0.2, 0.25) is 0 Å². The molecule has 2 rings (SSSR count). The van der Waals surface area contributed by atoms with E-state index >= 15 is 0 Å². The zero-order valence-electron chi connectivity index (χ0n) is 11.3. The molecule has 0 amide bonds. The quantitative estimate of drug-likeness (QED) is 0.796. The average molecular weight is 241 g/mol. The lowest BCUT2D eigenvalue weighted by Gasteiger charge is -2.39. The second-order valence-electron chi connectivity index (χ2n) is 6.46. The van der Waals surface area contributed by atoms with E-state index in [4.69, 9.17) is 4.74 Å². The van der Waals surface area contributed by atoms with E-state index in [1.165, 1.54) is 19.3 Å². The zero-order valence-corrected chi connectivity index (χ0v) is 11.3. The highest BCUT2D eigenvalue weighted by atomic mass is 16.5. The Hall–Kier alpha value is -0.120. The van der Waals surface area contributed by atoms with Crippen molar-refractivity contribution in [3.63, 3.8) is 0 Å². The molecule has 0 aromatic carbocycles. The van der Waals surface area contributed by atoms with Crippen molar-refractivity contribution in [1.82, 2.24) is 5.32 Å². The normalized spacial score (nSPS) is 32.3. The fraction of sp³-hybridized carbons (Fsp3) is 1.00. The van der Waals surface area contributed by atoms with Crippen molar-refractivity contribution in [1.29, 1.82) is 0 Å². The average Bonchev–Trinajstić information content (AvgIpc) is 2.26. The standard InChI is InChI=1S/C14H27NO2/c1-13(2)10-12(6-9-17-13)15-11-14(16)7-4-3-5-8-14/h12,15-16H,3-11H2,1-2H3. The van der Waals surface area contributed by atoms with Gasteiger partial charge in [-0.1, -0.05) is 19.3 Å². The van der Waals surface area contributed by atoms with Gasteiger partial charge in [-0.3, -0.25) is 0 Å². The maximum absolute atomic E-state index is 10.4. The minimum atomic E-state index is -0.444. The predicted molar refractivity (Wildman–Crippen MR) is 69.1 cm³/mol. The molecule has 0 spiro atoms. The van der Waals surface area contributed by atoms with E-state index in [9.17, 15) is 5.11 Å². The Morgan fingerprint density at radius 1 is 1.24 bits per heavy atom. The summed E-state index contributed by atoms with van der Waals surface area (Å²) in [6.07, 6.45) is 7.68. The molecule has 2 N–H and O–H groups in total. The molecule has 0 aromatic rings. The molecule has 3 heteroatoms. The summed E-state index contributed by atoms with van der Waals surface area (Å²) in [7, 11) is 0. The zero-order chi connectivity index (χ0) is 12.4. The minimum absolute atomic E-state index is 0.00883. The van der Waals surface area contributed by atoms with Gasteiger partial charge in [0, 0.05) is 19.2 Å². The van der Waals surface area contributed by atoms with Crippen molar-refractivity contribution in [2.75, 3.05) is 13.2 Å². The highest BCUT2D eigenvalue weighted by Gasteiger charge is 2.32. The number of hydrogen-bond donors (Lipinski definition) is 2. The van der Waals surface area contributed by atoms with Gasteiger partial charge in [0.25, 0.3) is 0 Å². The smallest absolute Gasteiger partial charge is 0.0771 e. The summed E-state index contributed by atoms with van der Waals surface area (Å²) in [6, 6.07) is 0.504. The monoisotopic (exact) mass is 241 g/mol. The lowest BCUT2D eigenvalue weighted by molar-refractivity contribution is -0.0680. The summed E-state index contributed by atoms with van der Waals surface area (Å²) in [5, 5.41) is 14.0. The molecule has 1 unspecified atom stereocenters. The van der Waals surface area contributed by atoms with E-state index in [1.807, 2.05) is 0 Å². The number of rotatable bonds is 3. The van der Waals surface area contributed by atoms with Crippen molar-refractivity contribution >= 4 is 0 Å². The van der Waals surface area contributed by atoms with Crippen LogP contribution in [-0.4, -0.2) is 35.5 Å². The third kappa shape index (κ3) is 3.94. The van der Waals surface area contributed by atoms with E-state index in [0.717, 1.165) is 38.8 Å². The van der Waals surface area contributed by atoms with Crippen LogP contribution < -0.4 is 5.32 Å². The Morgan fingerprint density at radius 2 is 1.94 bits per heavy atom. The molecular weight excluding hydrogens is 214 g/mol. The highest BCUT2D eigenvalue weighted by Crippen LogP contribution is 2.29. The van der Waals surface area contributed by atoms with Gasteiger partial charge in [-0.05, 0) is 39.5 Å². The van der Waals surface area contributed by atoms with E-state index in [2.05, 4.69) is 19.2 Å². The van der Waals surface area contributed by atoms with Crippen LogP contribution in [0.2, 0.25) is 0 Å². The summed E-state index contributed by atoms with van der Waals surface area (Å²) in [4.78, 5) is 0. The highest BCUT2D eigenvalue weighted by molar-refractivity contribution is 4.88. The van der Waals surface area contributed by atoms with Crippen LogP contribution in [0.5, 0.6) is 0 Å². The van der Waals surface area contributed by atoms with Crippen LogP contribution in [0.25, 0.3) is 0 Å². The van der Waals surface area contributed by atoms with Gasteiger partial charge in [-0.2, -0.15) is 0 Å². The van der Waals surface area contributed by atoms with Gasteiger partial charge in [0.15, 0.2) is 0 Å². The first-order valence-corrected chi connectivity index (χ1v) is 7.09. The summed E-state index contributed by atoms with van der Waals surface area (Å²) in [5.74, 6) is 0. The molecule has 1 heterocycles. The van der Waals surface area contributed by atoms with Gasteiger partial charge in [0.1, 0.15) is 0 Å². The van der Waals surface area contributed by atoms with Gasteiger partial charge in [0.05, 0.1) is 11.2 Å².